The van der Waals surface area contributed by atoms with E-state index >= 15 is 0 Å². The van der Waals surface area contributed by atoms with E-state index in [1.165, 1.54) is 12.8 Å². The number of rotatable bonds is 8. The minimum Gasteiger partial charge on any atom is -0.369 e. The Kier molecular flexibility index (Phi) is 8.51. The van der Waals surface area contributed by atoms with Crippen molar-refractivity contribution in [1.82, 2.24) is 14.7 Å². The summed E-state index contributed by atoms with van der Waals surface area (Å²) in [5.41, 5.74) is 0. The molecule has 0 aromatic heterocycles. The summed E-state index contributed by atoms with van der Waals surface area (Å²) in [6.45, 7) is 15.4. The molecule has 0 unspecified atom stereocenters. The molecule has 6 heteroatoms. The third-order valence-electron chi connectivity index (χ3n) is 5.51. The first-order chi connectivity index (χ1) is 12.3. The summed E-state index contributed by atoms with van der Waals surface area (Å²) in [6, 6.07) is 0. The van der Waals surface area contributed by atoms with Crippen LogP contribution in [0.15, 0.2) is 0 Å². The highest BCUT2D eigenvalue weighted by Gasteiger charge is 2.26. The van der Waals surface area contributed by atoms with Crippen LogP contribution in [0.4, 0.5) is 0 Å². The van der Waals surface area contributed by atoms with Gasteiger partial charge in [0.05, 0.1) is 12.6 Å². The van der Waals surface area contributed by atoms with Gasteiger partial charge in [0.1, 0.15) is 12.4 Å². The van der Waals surface area contributed by atoms with Gasteiger partial charge in [-0.25, -0.2) is 0 Å². The molecule has 0 N–H and O–H groups in total. The monoisotopic (exact) mass is 367 g/mol. The van der Waals surface area contributed by atoms with Crippen LogP contribution in [0.3, 0.4) is 0 Å². The van der Waals surface area contributed by atoms with E-state index in [4.69, 9.17) is 4.74 Å². The Labute approximate surface area is 158 Å². The van der Waals surface area contributed by atoms with Crippen LogP contribution in [0.1, 0.15) is 40.5 Å². The zero-order valence-electron chi connectivity index (χ0n) is 17.1. The average molecular weight is 368 g/mol. The van der Waals surface area contributed by atoms with Crippen LogP contribution in [-0.2, 0) is 14.3 Å². The van der Waals surface area contributed by atoms with E-state index in [0.29, 0.717) is 18.2 Å². The molecule has 26 heavy (non-hydrogen) atoms. The van der Waals surface area contributed by atoms with Gasteiger partial charge in [-0.2, -0.15) is 0 Å². The maximum atomic E-state index is 12.1. The van der Waals surface area contributed by atoms with Crippen molar-refractivity contribution in [1.29, 1.82) is 0 Å². The second-order valence-corrected chi connectivity index (χ2v) is 8.38. The summed E-state index contributed by atoms with van der Waals surface area (Å²) in [7, 11) is 0. The van der Waals surface area contributed by atoms with Crippen LogP contribution in [0.25, 0.3) is 0 Å². The molecule has 1 amide bonds. The molecule has 150 valence electrons. The highest BCUT2D eigenvalue weighted by Crippen LogP contribution is 2.19. The maximum absolute atomic E-state index is 12.1. The third kappa shape index (κ3) is 6.97. The molecular weight excluding hydrogens is 330 g/mol. The van der Waals surface area contributed by atoms with Crippen LogP contribution in [0.5, 0.6) is 0 Å². The number of amides is 1. The lowest BCUT2D eigenvalue weighted by Gasteiger charge is -2.38. The topological polar surface area (TPSA) is 53.1 Å². The summed E-state index contributed by atoms with van der Waals surface area (Å²) in [5, 5.41) is 0. The average Bonchev–Trinajstić information content (AvgIpc) is 2.61. The summed E-state index contributed by atoms with van der Waals surface area (Å²) in [4.78, 5) is 30.7. The largest absolute Gasteiger partial charge is 0.369 e. The van der Waals surface area contributed by atoms with Gasteiger partial charge >= 0.3 is 0 Å². The molecule has 0 atom stereocenters. The molecule has 0 saturated carbocycles. The van der Waals surface area contributed by atoms with Crippen molar-refractivity contribution in [3.05, 3.63) is 0 Å². The van der Waals surface area contributed by atoms with Gasteiger partial charge in [-0.15, -0.1) is 0 Å². The van der Waals surface area contributed by atoms with Gasteiger partial charge in [-0.05, 0) is 45.7 Å². The zero-order valence-corrected chi connectivity index (χ0v) is 17.1. The van der Waals surface area contributed by atoms with Crippen molar-refractivity contribution in [3.8, 4) is 0 Å². The number of ketones is 1. The number of likely N-dealkylation sites (tertiary alicyclic amines) is 1. The Morgan fingerprint density at radius 1 is 0.923 bits per heavy atom. The lowest BCUT2D eigenvalue weighted by atomic mass is 9.95. The Balaban J connectivity index is 1.63. The minimum absolute atomic E-state index is 0.0990. The minimum atomic E-state index is 0.0990. The highest BCUT2D eigenvalue weighted by molar-refractivity contribution is 5.82. The van der Waals surface area contributed by atoms with Gasteiger partial charge in [-0.3, -0.25) is 19.4 Å². The van der Waals surface area contributed by atoms with Crippen molar-refractivity contribution < 1.29 is 14.3 Å². The first kappa shape index (κ1) is 21.3. The first-order valence-electron chi connectivity index (χ1n) is 10.2. The van der Waals surface area contributed by atoms with Crippen LogP contribution in [0, 0.1) is 11.8 Å². The van der Waals surface area contributed by atoms with Gasteiger partial charge in [0.15, 0.2) is 0 Å². The molecule has 2 aliphatic heterocycles. The second kappa shape index (κ2) is 10.4. The predicted molar refractivity (Wildman–Crippen MR) is 103 cm³/mol. The van der Waals surface area contributed by atoms with E-state index in [-0.39, 0.29) is 24.5 Å². The second-order valence-electron chi connectivity index (χ2n) is 8.38. The van der Waals surface area contributed by atoms with Crippen LogP contribution >= 0.6 is 0 Å². The number of piperazine rings is 1. The Hall–Kier alpha value is -0.980. The van der Waals surface area contributed by atoms with E-state index in [0.717, 1.165) is 45.8 Å². The number of hydrogen-bond donors (Lipinski definition) is 0. The van der Waals surface area contributed by atoms with Gasteiger partial charge in [0, 0.05) is 38.6 Å². The van der Waals surface area contributed by atoms with Crippen molar-refractivity contribution in [2.24, 2.45) is 11.8 Å². The van der Waals surface area contributed by atoms with E-state index in [1.807, 2.05) is 32.6 Å². The number of piperidine rings is 1. The molecule has 0 aliphatic carbocycles. The Bertz CT molecular complexity index is 451. The van der Waals surface area contributed by atoms with E-state index in [1.54, 1.807) is 0 Å². The van der Waals surface area contributed by atoms with Crippen LogP contribution in [-0.4, -0.2) is 91.5 Å². The van der Waals surface area contributed by atoms with Crippen molar-refractivity contribution in [2.45, 2.75) is 46.6 Å². The molecule has 0 aromatic carbocycles. The number of Topliss-reactive ketones (excluding diaryl/α,β-unsaturated/α-hetero) is 1. The van der Waals surface area contributed by atoms with E-state index in [9.17, 15) is 9.59 Å². The molecule has 2 aliphatic rings. The number of hydrogen-bond acceptors (Lipinski definition) is 5. The third-order valence-corrected chi connectivity index (χ3v) is 5.51. The lowest BCUT2D eigenvalue weighted by Crippen LogP contribution is -2.51. The molecule has 0 aromatic rings. The fourth-order valence-electron chi connectivity index (χ4n) is 3.60. The quantitative estimate of drug-likeness (QED) is 0.651. The number of carbonyl (C=O) groups excluding carboxylic acids is 2. The summed E-state index contributed by atoms with van der Waals surface area (Å²) in [5.74, 6) is 1.32. The molecule has 2 fully saturated rings. The molecule has 6 nitrogen and oxygen atoms in total. The van der Waals surface area contributed by atoms with E-state index < -0.39 is 0 Å². The molecule has 0 radical (unpaired) electrons. The van der Waals surface area contributed by atoms with E-state index in [2.05, 4.69) is 9.80 Å². The molecule has 0 spiro atoms. The molecule has 2 rings (SSSR count). The fraction of sp³-hybridized carbons (Fsp3) is 0.900. The lowest BCUT2D eigenvalue weighted by molar-refractivity contribution is -0.139. The summed E-state index contributed by atoms with van der Waals surface area (Å²) in [6.07, 6.45) is 2.45. The van der Waals surface area contributed by atoms with Crippen LogP contribution < -0.4 is 0 Å². The number of carbonyl (C=O) groups is 2. The van der Waals surface area contributed by atoms with Crippen molar-refractivity contribution >= 4 is 11.7 Å². The zero-order chi connectivity index (χ0) is 19.1. The van der Waals surface area contributed by atoms with Crippen molar-refractivity contribution in [2.75, 3.05) is 59.0 Å². The highest BCUT2D eigenvalue weighted by atomic mass is 16.5. The summed E-state index contributed by atoms with van der Waals surface area (Å²) < 4.78 is 5.42. The number of nitrogens with zero attached hydrogens (tertiary/aromatic N) is 3. The molecule has 2 saturated heterocycles. The standard InChI is InChI=1S/C20H37N3O3/c1-16(2)19(24)14-21-7-5-18(6-8-21)13-22-9-11-23(12-10-22)20(25)15-26-17(3)4/h16-18H,5-15H2,1-4H3. The normalized spacial score (nSPS) is 20.9. The van der Waals surface area contributed by atoms with Crippen molar-refractivity contribution in [3.63, 3.8) is 0 Å². The van der Waals surface area contributed by atoms with Gasteiger partial charge in [0.25, 0.3) is 0 Å². The molecule has 2 heterocycles. The van der Waals surface area contributed by atoms with Gasteiger partial charge in [0.2, 0.25) is 5.91 Å². The maximum Gasteiger partial charge on any atom is 0.248 e. The van der Waals surface area contributed by atoms with Gasteiger partial charge in [-0.1, -0.05) is 13.8 Å². The SMILES string of the molecule is CC(C)OCC(=O)N1CCN(CC2CCN(CC(=O)C(C)C)CC2)CC1. The smallest absolute Gasteiger partial charge is 0.248 e. The number of ether oxygens (including phenoxy) is 1. The summed E-state index contributed by atoms with van der Waals surface area (Å²) >= 11 is 0. The predicted octanol–water partition coefficient (Wildman–Crippen LogP) is 1.49. The Morgan fingerprint density at radius 2 is 1.54 bits per heavy atom. The van der Waals surface area contributed by atoms with Crippen LogP contribution in [0.2, 0.25) is 0 Å². The molecule has 0 bridgehead atoms. The Morgan fingerprint density at radius 3 is 2.08 bits per heavy atom. The fourth-order valence-corrected chi connectivity index (χ4v) is 3.60. The first-order valence-corrected chi connectivity index (χ1v) is 10.2. The molecular formula is C20H37N3O3. The van der Waals surface area contributed by atoms with Gasteiger partial charge < -0.3 is 9.64 Å².